The predicted octanol–water partition coefficient (Wildman–Crippen LogP) is 7.54. The van der Waals surface area contributed by atoms with Gasteiger partial charge in [-0.2, -0.15) is 0 Å². The molecule has 0 N–H and O–H groups in total. The molecule has 170 valence electrons. The van der Waals surface area contributed by atoms with E-state index in [2.05, 4.69) is 30.5 Å². The molecule has 4 heteroatoms. The molecule has 0 saturated carbocycles. The lowest BCUT2D eigenvalue weighted by molar-refractivity contribution is 0.578. The van der Waals surface area contributed by atoms with E-state index in [4.69, 9.17) is 0 Å². The van der Waals surface area contributed by atoms with E-state index in [0.717, 1.165) is 38.3 Å². The normalized spacial score (nSPS) is 11.9. The summed E-state index contributed by atoms with van der Waals surface area (Å²) in [5.41, 5.74) is 4.06. The van der Waals surface area contributed by atoms with Gasteiger partial charge >= 0.3 is 0 Å². The smallest absolute Gasteiger partial charge is 0.148 e. The summed E-state index contributed by atoms with van der Waals surface area (Å²) >= 11 is 0. The zero-order chi connectivity index (χ0) is 23.7. The van der Waals surface area contributed by atoms with Crippen molar-refractivity contribution in [2.45, 2.75) is 26.1 Å². The lowest BCUT2D eigenvalue weighted by Crippen LogP contribution is -2.19. The number of aromatic nitrogens is 1. The monoisotopic (exact) mass is 467 g/mol. The Hall–Kier alpha value is -3.42. The van der Waals surface area contributed by atoms with Crippen LogP contribution in [0.25, 0.3) is 22.0 Å². The third-order valence-electron chi connectivity index (χ3n) is 6.38. The quantitative estimate of drug-likeness (QED) is 0.236. The fraction of sp³-hybridized carbons (Fsp3) is 0.133. The fourth-order valence-electron chi connectivity index (χ4n) is 4.88. The molecule has 4 aromatic carbocycles. The predicted molar refractivity (Wildman–Crippen MR) is 141 cm³/mol. The lowest BCUT2D eigenvalue weighted by atomic mass is 10.0. The van der Waals surface area contributed by atoms with Crippen LogP contribution >= 0.6 is 7.14 Å². The van der Waals surface area contributed by atoms with Gasteiger partial charge in [-0.3, -0.25) is 0 Å². The van der Waals surface area contributed by atoms with Gasteiger partial charge in [0.1, 0.15) is 13.0 Å². The summed E-state index contributed by atoms with van der Waals surface area (Å²) in [4.78, 5) is 0. The van der Waals surface area contributed by atoms with Gasteiger partial charge in [0.15, 0.2) is 0 Å². The highest BCUT2D eigenvalue weighted by Crippen LogP contribution is 2.50. The molecule has 0 atom stereocenters. The summed E-state index contributed by atoms with van der Waals surface area (Å²) in [5, 5.41) is 2.77. The molecule has 0 spiro atoms. The van der Waals surface area contributed by atoms with Crippen molar-refractivity contribution < 1.29 is 8.96 Å². The second kappa shape index (κ2) is 9.08. The number of hydrogen-bond donors (Lipinski definition) is 0. The number of halogens is 1. The molecular formula is C30H27FNOP. The summed E-state index contributed by atoms with van der Waals surface area (Å²) in [5.74, 6) is -0.267. The first-order valence-corrected chi connectivity index (χ1v) is 13.5. The van der Waals surface area contributed by atoms with Gasteiger partial charge in [-0.05, 0) is 37.6 Å². The minimum atomic E-state index is -3.02. The number of rotatable bonds is 6. The van der Waals surface area contributed by atoms with Gasteiger partial charge in [-0.15, -0.1) is 0 Å². The second-order valence-electron chi connectivity index (χ2n) is 8.88. The maximum atomic E-state index is 15.0. The highest BCUT2D eigenvalue weighted by atomic mass is 31.2. The number of benzene rings is 4. The first kappa shape index (κ1) is 22.4. The molecular weight excluding hydrogens is 440 g/mol. The van der Waals surface area contributed by atoms with Crippen LogP contribution in [0.4, 0.5) is 4.39 Å². The topological polar surface area (TPSA) is 22.0 Å². The van der Waals surface area contributed by atoms with Gasteiger partial charge in [-0.25, -0.2) is 4.39 Å². The molecule has 0 saturated heterocycles. The van der Waals surface area contributed by atoms with E-state index in [1.165, 1.54) is 12.1 Å². The van der Waals surface area contributed by atoms with Crippen LogP contribution in [-0.4, -0.2) is 4.57 Å². The zero-order valence-corrected chi connectivity index (χ0v) is 20.3. The van der Waals surface area contributed by atoms with Gasteiger partial charge in [0.2, 0.25) is 0 Å². The number of para-hydroxylation sites is 1. The summed E-state index contributed by atoms with van der Waals surface area (Å²) in [6, 6.07) is 34.6. The molecule has 34 heavy (non-hydrogen) atoms. The van der Waals surface area contributed by atoms with E-state index >= 15 is 4.57 Å². The molecule has 0 unspecified atom stereocenters. The average Bonchev–Trinajstić information content (AvgIpc) is 3.19. The van der Waals surface area contributed by atoms with Gasteiger partial charge in [-0.1, -0.05) is 91.0 Å². The van der Waals surface area contributed by atoms with Crippen molar-refractivity contribution in [3.8, 4) is 11.1 Å². The molecule has 0 radical (unpaired) electrons. The van der Waals surface area contributed by atoms with Crippen molar-refractivity contribution in [3.05, 3.63) is 121 Å². The highest BCUT2D eigenvalue weighted by molar-refractivity contribution is 7.78. The third kappa shape index (κ3) is 3.91. The van der Waals surface area contributed by atoms with Gasteiger partial charge in [0.05, 0.1) is 6.16 Å². The molecule has 5 aromatic rings. The minimum absolute atomic E-state index is 0.161. The molecule has 1 aromatic heterocycles. The molecule has 0 aliphatic heterocycles. The molecule has 0 aliphatic carbocycles. The zero-order valence-electron chi connectivity index (χ0n) is 19.4. The number of hydrogen-bond acceptors (Lipinski definition) is 1. The van der Waals surface area contributed by atoms with Gasteiger partial charge < -0.3 is 9.13 Å². The Labute approximate surface area is 200 Å². The Kier molecular flexibility index (Phi) is 5.98. The van der Waals surface area contributed by atoms with Crippen LogP contribution in [-0.2, 0) is 10.7 Å². The SMILES string of the molecule is CC(C)n1c(CP(=O)(c2ccccc2)c2ccccc2)c(-c2ccc(F)cc2)c2ccccc21. The van der Waals surface area contributed by atoms with E-state index in [1.54, 1.807) is 0 Å². The third-order valence-corrected chi connectivity index (χ3v) is 9.39. The average molecular weight is 468 g/mol. The Morgan fingerprint density at radius 2 is 1.26 bits per heavy atom. The first-order valence-electron chi connectivity index (χ1n) is 11.6. The fourth-order valence-corrected chi connectivity index (χ4v) is 7.58. The molecule has 0 bridgehead atoms. The molecule has 0 fully saturated rings. The van der Waals surface area contributed by atoms with Crippen LogP contribution in [0.15, 0.2) is 109 Å². The van der Waals surface area contributed by atoms with Crippen LogP contribution in [0.1, 0.15) is 25.6 Å². The minimum Gasteiger partial charge on any atom is -0.341 e. The van der Waals surface area contributed by atoms with Gasteiger partial charge in [0, 0.05) is 38.8 Å². The van der Waals surface area contributed by atoms with E-state index in [9.17, 15) is 4.39 Å². The van der Waals surface area contributed by atoms with Crippen molar-refractivity contribution in [2.75, 3.05) is 0 Å². The lowest BCUT2D eigenvalue weighted by Gasteiger charge is -2.23. The molecule has 5 rings (SSSR count). The number of nitrogens with zero attached hydrogens (tertiary/aromatic N) is 1. The largest absolute Gasteiger partial charge is 0.341 e. The maximum absolute atomic E-state index is 15.0. The number of fused-ring (bicyclic) bond motifs is 1. The maximum Gasteiger partial charge on any atom is 0.148 e. The second-order valence-corrected chi connectivity index (χ2v) is 11.7. The van der Waals surface area contributed by atoms with Crippen LogP contribution in [0.3, 0.4) is 0 Å². The molecule has 0 aliphatic rings. The summed E-state index contributed by atoms with van der Waals surface area (Å²) < 4.78 is 31.1. The Balaban J connectivity index is 1.82. The molecule has 0 amide bonds. The van der Waals surface area contributed by atoms with Crippen molar-refractivity contribution in [1.29, 1.82) is 0 Å². The van der Waals surface area contributed by atoms with E-state index in [1.807, 2.05) is 84.9 Å². The van der Waals surface area contributed by atoms with Crippen molar-refractivity contribution in [3.63, 3.8) is 0 Å². The van der Waals surface area contributed by atoms with Gasteiger partial charge in [0.25, 0.3) is 0 Å². The summed E-state index contributed by atoms with van der Waals surface area (Å²) in [6.45, 7) is 4.31. The van der Waals surface area contributed by atoms with E-state index < -0.39 is 7.14 Å². The standard InChI is InChI=1S/C30H27FNOP/c1-22(2)32-28-16-10-9-15-27(28)30(23-17-19-24(31)20-18-23)29(32)21-34(33,25-11-5-3-6-12-25)26-13-7-4-8-14-26/h3-20,22H,21H2,1-2H3. The molecule has 1 heterocycles. The van der Waals surface area contributed by atoms with E-state index in [-0.39, 0.29) is 11.9 Å². The summed E-state index contributed by atoms with van der Waals surface area (Å²) in [6.07, 6.45) is 0.376. The Bertz CT molecular complexity index is 1430. The van der Waals surface area contributed by atoms with Crippen molar-refractivity contribution in [2.24, 2.45) is 0 Å². The van der Waals surface area contributed by atoms with Crippen molar-refractivity contribution in [1.82, 2.24) is 4.57 Å². The first-order chi connectivity index (χ1) is 16.5. The van der Waals surface area contributed by atoms with Crippen LogP contribution in [0, 0.1) is 5.82 Å². The van der Waals surface area contributed by atoms with Crippen LogP contribution in [0.5, 0.6) is 0 Å². The van der Waals surface area contributed by atoms with E-state index in [0.29, 0.717) is 6.16 Å². The molecule has 2 nitrogen and oxygen atoms in total. The Morgan fingerprint density at radius 3 is 1.82 bits per heavy atom. The van der Waals surface area contributed by atoms with Crippen LogP contribution < -0.4 is 10.6 Å². The van der Waals surface area contributed by atoms with Crippen LogP contribution in [0.2, 0.25) is 0 Å². The highest BCUT2D eigenvalue weighted by Gasteiger charge is 2.32. The summed E-state index contributed by atoms with van der Waals surface area (Å²) in [7, 11) is -3.02. The van der Waals surface area contributed by atoms with Crippen molar-refractivity contribution >= 4 is 28.7 Å². The Morgan fingerprint density at radius 1 is 0.735 bits per heavy atom.